The van der Waals surface area contributed by atoms with E-state index in [1.807, 2.05) is 70.3 Å². The molecule has 4 aromatic carbocycles. The van der Waals surface area contributed by atoms with E-state index in [1.165, 1.54) is 0 Å². The molecular weight excluding hydrogens is 758 g/mol. The van der Waals surface area contributed by atoms with Crippen molar-refractivity contribution in [3.05, 3.63) is 140 Å². The summed E-state index contributed by atoms with van der Waals surface area (Å²) in [5, 5.41) is 12.2. The van der Waals surface area contributed by atoms with Crippen LogP contribution in [0, 0.1) is 12.1 Å². The van der Waals surface area contributed by atoms with Crippen LogP contribution in [0.1, 0.15) is 0 Å². The zero-order chi connectivity index (χ0) is 29.0. The molecule has 0 N–H and O–H groups in total. The number of hydrogen-bond acceptors (Lipinski definition) is 5. The number of nitrogens with zero attached hydrogens (tertiary/aromatic N) is 7. The normalized spacial score (nSPS) is 11.4. The zero-order valence-electron chi connectivity index (χ0n) is 23.5. The standard InChI is InChI=1S/C36H21N7S.Pt/c1-2-9-35-30(8-1)40-36(44-35)25-10-13-27-28-23-26(41-19-5-17-38-41)12-15-31(28)43(33(27)22-25)34-21-24(29-7-3-4-16-37-29)11-14-32(34)42-20-6-18-39-42;/h1-20,23H;/q-2;+2. The molecule has 7 nitrogen and oxygen atoms in total. The Hall–Kier alpha value is -5.17. The summed E-state index contributed by atoms with van der Waals surface area (Å²) in [7, 11) is 0. The van der Waals surface area contributed by atoms with Crippen molar-refractivity contribution in [3.63, 3.8) is 0 Å². The number of fused-ring (bicyclic) bond motifs is 4. The summed E-state index contributed by atoms with van der Waals surface area (Å²) in [5.74, 6) is 0. The number of benzene rings is 4. The molecule has 0 unspecified atom stereocenters. The Kier molecular flexibility index (Phi) is 6.74. The van der Waals surface area contributed by atoms with Crippen molar-refractivity contribution in [3.8, 4) is 38.9 Å². The molecule has 5 aromatic heterocycles. The molecule has 9 aromatic rings. The van der Waals surface area contributed by atoms with Crippen molar-refractivity contribution >= 4 is 43.4 Å². The van der Waals surface area contributed by atoms with Gasteiger partial charge in [-0.05, 0) is 70.8 Å². The van der Waals surface area contributed by atoms with Gasteiger partial charge in [0.05, 0.1) is 11.2 Å². The van der Waals surface area contributed by atoms with Crippen molar-refractivity contribution < 1.29 is 21.1 Å². The van der Waals surface area contributed by atoms with E-state index < -0.39 is 0 Å². The minimum atomic E-state index is 0. The first-order valence-electron chi connectivity index (χ1n) is 14.1. The maximum absolute atomic E-state index is 4.94. The first kappa shape index (κ1) is 27.4. The Balaban J connectivity index is 0.00000300. The molecular formula is C36H21N7PtS. The third-order valence-electron chi connectivity index (χ3n) is 7.77. The van der Waals surface area contributed by atoms with E-state index in [4.69, 9.17) is 4.98 Å². The second kappa shape index (κ2) is 11.1. The predicted molar refractivity (Wildman–Crippen MR) is 175 cm³/mol. The number of aromatic nitrogens is 7. The van der Waals surface area contributed by atoms with Gasteiger partial charge < -0.3 is 9.55 Å². The molecule has 0 aliphatic rings. The Morgan fingerprint density at radius 1 is 0.667 bits per heavy atom. The van der Waals surface area contributed by atoms with Gasteiger partial charge in [-0.3, -0.25) is 9.67 Å². The van der Waals surface area contributed by atoms with Crippen LogP contribution in [-0.4, -0.2) is 34.1 Å². The summed E-state index contributed by atoms with van der Waals surface area (Å²) >= 11 is 1.68. The van der Waals surface area contributed by atoms with Gasteiger partial charge in [0, 0.05) is 51.9 Å². The molecule has 9 rings (SSSR count). The van der Waals surface area contributed by atoms with E-state index >= 15 is 0 Å². The van der Waals surface area contributed by atoms with Gasteiger partial charge in [0.2, 0.25) is 0 Å². The van der Waals surface area contributed by atoms with Crippen molar-refractivity contribution in [2.45, 2.75) is 0 Å². The van der Waals surface area contributed by atoms with E-state index in [0.717, 1.165) is 70.9 Å². The second-order valence-corrected chi connectivity index (χ2v) is 11.4. The quantitative estimate of drug-likeness (QED) is 0.166. The molecule has 45 heavy (non-hydrogen) atoms. The predicted octanol–water partition coefficient (Wildman–Crippen LogP) is 8.09. The second-order valence-electron chi connectivity index (χ2n) is 10.4. The van der Waals surface area contributed by atoms with Crippen LogP contribution >= 0.6 is 11.3 Å². The van der Waals surface area contributed by atoms with Crippen LogP contribution in [-0.2, 0) is 21.1 Å². The van der Waals surface area contributed by atoms with Crippen LogP contribution in [0.5, 0.6) is 0 Å². The van der Waals surface area contributed by atoms with E-state index in [-0.39, 0.29) is 21.1 Å². The first-order valence-corrected chi connectivity index (χ1v) is 15.0. The van der Waals surface area contributed by atoms with Crippen molar-refractivity contribution in [1.29, 1.82) is 0 Å². The van der Waals surface area contributed by atoms with Crippen molar-refractivity contribution in [2.75, 3.05) is 0 Å². The third kappa shape index (κ3) is 4.61. The molecule has 0 amide bonds. The van der Waals surface area contributed by atoms with Gasteiger partial charge >= 0.3 is 21.1 Å². The number of pyridine rings is 1. The monoisotopic (exact) mass is 778 g/mol. The molecule has 216 valence electrons. The fraction of sp³-hybridized carbons (Fsp3) is 0. The Morgan fingerprint density at radius 3 is 2.29 bits per heavy atom. The van der Waals surface area contributed by atoms with Gasteiger partial charge in [-0.15, -0.1) is 47.5 Å². The van der Waals surface area contributed by atoms with Crippen molar-refractivity contribution in [2.24, 2.45) is 0 Å². The molecule has 5 heterocycles. The summed E-state index contributed by atoms with van der Waals surface area (Å²) in [6, 6.07) is 40.3. The summed E-state index contributed by atoms with van der Waals surface area (Å²) in [4.78, 5) is 9.56. The Morgan fingerprint density at radius 2 is 1.49 bits per heavy atom. The van der Waals surface area contributed by atoms with Gasteiger partial charge in [0.25, 0.3) is 0 Å². The first-order chi connectivity index (χ1) is 21.8. The maximum Gasteiger partial charge on any atom is 2.00 e. The molecule has 0 bridgehead atoms. The fourth-order valence-electron chi connectivity index (χ4n) is 5.75. The van der Waals surface area contributed by atoms with Gasteiger partial charge in [-0.2, -0.15) is 21.5 Å². The minimum Gasteiger partial charge on any atom is -0.344 e. The van der Waals surface area contributed by atoms with Gasteiger partial charge in [0.1, 0.15) is 0 Å². The molecule has 0 saturated heterocycles. The molecule has 0 radical (unpaired) electrons. The molecule has 0 aliphatic carbocycles. The SMILES string of the molecule is [Pt+2].[c-]1c(-c2ccccn2)ccc(-n2cccn2)c1-n1c2[c-]c(-c3nc4ccccc4s3)ccc2c2cc(-n3cccn3)ccc21. The number of para-hydroxylation sites is 1. The van der Waals surface area contributed by atoms with Gasteiger partial charge in [-0.25, -0.2) is 4.68 Å². The van der Waals surface area contributed by atoms with E-state index in [1.54, 1.807) is 29.9 Å². The number of rotatable bonds is 5. The van der Waals surface area contributed by atoms with Gasteiger partial charge in [0.15, 0.2) is 0 Å². The Bertz CT molecular complexity index is 2410. The fourth-order valence-corrected chi connectivity index (χ4v) is 6.70. The van der Waals surface area contributed by atoms with Crippen LogP contribution < -0.4 is 0 Å². The summed E-state index contributed by atoms with van der Waals surface area (Å²) < 4.78 is 7.14. The maximum atomic E-state index is 4.94. The largest absolute Gasteiger partial charge is 2.00 e. The van der Waals surface area contributed by atoms with Crippen LogP contribution in [0.25, 0.3) is 70.9 Å². The van der Waals surface area contributed by atoms with E-state index in [2.05, 4.69) is 80.4 Å². The van der Waals surface area contributed by atoms with Crippen LogP contribution in [0.3, 0.4) is 0 Å². The van der Waals surface area contributed by atoms with E-state index in [9.17, 15) is 0 Å². The molecule has 0 atom stereocenters. The molecule has 9 heteroatoms. The zero-order valence-corrected chi connectivity index (χ0v) is 26.6. The molecule has 0 fully saturated rings. The Labute approximate surface area is 276 Å². The average Bonchev–Trinajstić information content (AvgIpc) is 3.90. The van der Waals surface area contributed by atoms with Gasteiger partial charge in [-0.1, -0.05) is 29.7 Å². The average molecular weight is 779 g/mol. The summed E-state index contributed by atoms with van der Waals surface area (Å²) in [6.45, 7) is 0. The number of thiazole rings is 1. The van der Waals surface area contributed by atoms with Crippen LogP contribution in [0.2, 0.25) is 0 Å². The number of hydrogen-bond donors (Lipinski definition) is 0. The third-order valence-corrected chi connectivity index (χ3v) is 8.84. The van der Waals surface area contributed by atoms with Crippen LogP contribution in [0.15, 0.2) is 128 Å². The van der Waals surface area contributed by atoms with Crippen molar-refractivity contribution in [1.82, 2.24) is 34.1 Å². The van der Waals surface area contributed by atoms with E-state index in [0.29, 0.717) is 0 Å². The smallest absolute Gasteiger partial charge is 0.344 e. The van der Waals surface area contributed by atoms with Crippen LogP contribution in [0.4, 0.5) is 0 Å². The minimum absolute atomic E-state index is 0. The molecule has 0 aliphatic heterocycles. The molecule has 0 spiro atoms. The summed E-state index contributed by atoms with van der Waals surface area (Å²) in [6.07, 6.45) is 9.29. The topological polar surface area (TPSA) is 66.3 Å². The summed E-state index contributed by atoms with van der Waals surface area (Å²) in [5.41, 5.74) is 8.34. The molecule has 0 saturated carbocycles.